The van der Waals surface area contributed by atoms with Crippen molar-refractivity contribution in [2.75, 3.05) is 0 Å². The van der Waals surface area contributed by atoms with Gasteiger partial charge in [-0.1, -0.05) is 47.3 Å². The largest absolute Gasteiger partial charge is 0.243 e. The van der Waals surface area contributed by atoms with E-state index >= 15 is 0 Å². The number of rotatable bonds is 2. The van der Waals surface area contributed by atoms with Crippen LogP contribution < -0.4 is 10.9 Å². The molecule has 0 aliphatic heterocycles. The van der Waals surface area contributed by atoms with E-state index < -0.39 is 0 Å². The third-order valence-electron chi connectivity index (χ3n) is 2.57. The van der Waals surface area contributed by atoms with Gasteiger partial charge in [0, 0.05) is 0 Å². The Morgan fingerprint density at radius 1 is 0.812 bits per heavy atom. The Labute approximate surface area is 93.3 Å². The van der Waals surface area contributed by atoms with Crippen molar-refractivity contribution in [3.05, 3.63) is 48.5 Å². The van der Waals surface area contributed by atoms with Gasteiger partial charge in [-0.3, -0.25) is 0 Å². The first-order chi connectivity index (χ1) is 7.92. The molecule has 0 unspecified atom stereocenters. The smallest absolute Gasteiger partial charge is 0.192 e. The highest BCUT2D eigenvalue weighted by Crippen LogP contribution is 2.04. The summed E-state index contributed by atoms with van der Waals surface area (Å²) >= 11 is 0. The number of hydrogen-bond acceptors (Lipinski definition) is 3. The van der Waals surface area contributed by atoms with Gasteiger partial charge >= 0.3 is 0 Å². The highest BCUT2D eigenvalue weighted by molar-refractivity contribution is 6.67. The maximum absolute atomic E-state index is 4.67. The average molecular weight is 208 g/mol. The summed E-state index contributed by atoms with van der Waals surface area (Å²) in [5.74, 6) is 0. The number of benzene rings is 2. The first-order valence-electron chi connectivity index (χ1n) is 5.17. The molecule has 0 radical (unpaired) electrons. The summed E-state index contributed by atoms with van der Waals surface area (Å²) in [7, 11) is 0.906. The van der Waals surface area contributed by atoms with E-state index in [1.54, 1.807) is 0 Å². The van der Waals surface area contributed by atoms with Gasteiger partial charge in [0.1, 0.15) is 11.0 Å². The molecule has 1 heterocycles. The molecule has 0 N–H and O–H groups in total. The Hall–Kier alpha value is -2.10. The maximum atomic E-state index is 4.67. The minimum atomic E-state index is 0.803. The molecule has 0 aliphatic carbocycles. The first-order valence-corrected chi connectivity index (χ1v) is 5.17. The second-order valence-corrected chi connectivity index (χ2v) is 3.75. The zero-order valence-corrected chi connectivity index (χ0v) is 8.63. The lowest BCUT2D eigenvalue weighted by atomic mass is 9.64. The molecule has 3 rings (SSSR count). The Kier molecular flexibility index (Phi) is 2.18. The molecule has 3 nitrogen and oxygen atoms in total. The minimum Gasteiger partial charge on any atom is -0.243 e. The fourth-order valence-corrected chi connectivity index (χ4v) is 1.77. The molecule has 1 aromatic heterocycles. The lowest BCUT2D eigenvalue weighted by Gasteiger charge is -1.98. The van der Waals surface area contributed by atoms with Crippen molar-refractivity contribution in [3.63, 3.8) is 0 Å². The Balaban J connectivity index is 1.94. The van der Waals surface area contributed by atoms with Gasteiger partial charge in [0.2, 0.25) is 0 Å². The van der Waals surface area contributed by atoms with Gasteiger partial charge in [0.15, 0.2) is 7.28 Å². The SMILES string of the molecule is B(c1ccccc1)c1ccc2nonc2c1. The lowest BCUT2D eigenvalue weighted by molar-refractivity contribution is 0.315. The molecule has 0 fully saturated rings. The zero-order valence-electron chi connectivity index (χ0n) is 8.63. The van der Waals surface area contributed by atoms with Crippen molar-refractivity contribution in [1.29, 1.82) is 0 Å². The van der Waals surface area contributed by atoms with Crippen molar-refractivity contribution >= 4 is 29.2 Å². The summed E-state index contributed by atoms with van der Waals surface area (Å²) in [5, 5.41) is 7.62. The molecule has 0 saturated carbocycles. The molecule has 0 amide bonds. The van der Waals surface area contributed by atoms with E-state index in [1.165, 1.54) is 10.9 Å². The van der Waals surface area contributed by atoms with Crippen LogP contribution in [0.25, 0.3) is 11.0 Å². The van der Waals surface area contributed by atoms with Crippen LogP contribution in [0.1, 0.15) is 0 Å². The Bertz CT molecular complexity index is 606. The molecule has 0 spiro atoms. The van der Waals surface area contributed by atoms with Crippen molar-refractivity contribution in [2.24, 2.45) is 0 Å². The summed E-state index contributed by atoms with van der Waals surface area (Å²) in [6.45, 7) is 0. The number of hydrogen-bond donors (Lipinski definition) is 0. The van der Waals surface area contributed by atoms with E-state index in [9.17, 15) is 0 Å². The molecular formula is C12H9BN2O. The monoisotopic (exact) mass is 208 g/mol. The van der Waals surface area contributed by atoms with Crippen LogP contribution in [0.15, 0.2) is 53.2 Å². The molecular weight excluding hydrogens is 199 g/mol. The van der Waals surface area contributed by atoms with Crippen LogP contribution in [-0.4, -0.2) is 17.6 Å². The summed E-state index contributed by atoms with van der Waals surface area (Å²) in [5.41, 5.74) is 4.12. The highest BCUT2D eigenvalue weighted by atomic mass is 16.6. The molecule has 0 bridgehead atoms. The van der Waals surface area contributed by atoms with Crippen molar-refractivity contribution in [1.82, 2.24) is 10.3 Å². The Morgan fingerprint density at radius 3 is 2.50 bits per heavy atom. The lowest BCUT2D eigenvalue weighted by Crippen LogP contribution is -2.26. The number of nitrogens with zero attached hydrogens (tertiary/aromatic N) is 2. The van der Waals surface area contributed by atoms with Crippen molar-refractivity contribution < 1.29 is 4.63 Å². The second kappa shape index (κ2) is 3.81. The third kappa shape index (κ3) is 1.69. The summed E-state index contributed by atoms with van der Waals surface area (Å²) in [6.07, 6.45) is 0. The van der Waals surface area contributed by atoms with Gasteiger partial charge in [-0.05, 0) is 22.4 Å². The van der Waals surface area contributed by atoms with Gasteiger partial charge in [0.25, 0.3) is 0 Å². The van der Waals surface area contributed by atoms with Crippen LogP contribution in [0.4, 0.5) is 0 Å². The average Bonchev–Trinajstić information content (AvgIpc) is 2.77. The summed E-state index contributed by atoms with van der Waals surface area (Å²) in [6, 6.07) is 16.4. The first kappa shape index (κ1) is 9.15. The van der Waals surface area contributed by atoms with Crippen LogP contribution in [0.3, 0.4) is 0 Å². The molecule has 4 heteroatoms. The van der Waals surface area contributed by atoms with Gasteiger partial charge in [-0.2, -0.15) is 0 Å². The normalized spacial score (nSPS) is 10.5. The fourth-order valence-electron chi connectivity index (χ4n) is 1.77. The molecule has 0 saturated heterocycles. The molecule has 2 aromatic carbocycles. The van der Waals surface area contributed by atoms with E-state index in [1.807, 2.05) is 30.3 Å². The van der Waals surface area contributed by atoms with Crippen molar-refractivity contribution in [3.8, 4) is 0 Å². The van der Waals surface area contributed by atoms with Crippen LogP contribution in [-0.2, 0) is 0 Å². The van der Waals surface area contributed by atoms with Crippen LogP contribution in [0.5, 0.6) is 0 Å². The highest BCUT2D eigenvalue weighted by Gasteiger charge is 2.03. The predicted octanol–water partition coefficient (Wildman–Crippen LogP) is 0.610. The van der Waals surface area contributed by atoms with E-state index in [-0.39, 0.29) is 0 Å². The van der Waals surface area contributed by atoms with Gasteiger partial charge < -0.3 is 0 Å². The second-order valence-electron chi connectivity index (χ2n) is 3.75. The van der Waals surface area contributed by atoms with Crippen molar-refractivity contribution in [2.45, 2.75) is 0 Å². The quantitative estimate of drug-likeness (QED) is 0.579. The van der Waals surface area contributed by atoms with E-state index in [0.29, 0.717) is 0 Å². The fraction of sp³-hybridized carbons (Fsp3) is 0. The minimum absolute atomic E-state index is 0.803. The summed E-state index contributed by atoms with van der Waals surface area (Å²) in [4.78, 5) is 0. The van der Waals surface area contributed by atoms with Gasteiger partial charge in [0.05, 0.1) is 0 Å². The number of fused-ring (bicyclic) bond motifs is 1. The maximum Gasteiger partial charge on any atom is 0.192 e. The molecule has 3 aromatic rings. The standard InChI is InChI=1S/C12H9BN2O/c1-2-4-9(5-3-1)13-10-6-7-11-12(8-10)15-16-14-11/h1-8,13H. The van der Waals surface area contributed by atoms with Crippen LogP contribution in [0, 0.1) is 0 Å². The van der Waals surface area contributed by atoms with Crippen LogP contribution in [0.2, 0.25) is 0 Å². The van der Waals surface area contributed by atoms with E-state index in [4.69, 9.17) is 0 Å². The number of aromatic nitrogens is 2. The zero-order chi connectivity index (χ0) is 10.8. The molecule has 76 valence electrons. The molecule has 16 heavy (non-hydrogen) atoms. The van der Waals surface area contributed by atoms with E-state index in [0.717, 1.165) is 18.3 Å². The molecule has 0 atom stereocenters. The van der Waals surface area contributed by atoms with Gasteiger partial charge in [-0.15, -0.1) is 0 Å². The molecule has 0 aliphatic rings. The van der Waals surface area contributed by atoms with Gasteiger partial charge in [-0.25, -0.2) is 4.63 Å². The predicted molar refractivity (Wildman–Crippen MR) is 64.7 cm³/mol. The topological polar surface area (TPSA) is 38.9 Å². The van der Waals surface area contributed by atoms with Crippen LogP contribution >= 0.6 is 0 Å². The Morgan fingerprint density at radius 2 is 1.62 bits per heavy atom. The summed E-state index contributed by atoms with van der Waals surface area (Å²) < 4.78 is 4.67. The van der Waals surface area contributed by atoms with E-state index in [2.05, 4.69) is 33.1 Å². The third-order valence-corrected chi connectivity index (χ3v) is 2.57.